The predicted octanol–water partition coefficient (Wildman–Crippen LogP) is 1.97. The van der Waals surface area contributed by atoms with Gasteiger partial charge in [-0.1, -0.05) is 0 Å². The summed E-state index contributed by atoms with van der Waals surface area (Å²) in [6.45, 7) is 0. The topological polar surface area (TPSA) is 0 Å². The van der Waals surface area contributed by atoms with E-state index in [-0.39, 0.29) is 78.2 Å². The van der Waals surface area contributed by atoms with Gasteiger partial charge in [-0.2, -0.15) is 0 Å². The minimum Gasteiger partial charge on any atom is -0.358 e. The van der Waals surface area contributed by atoms with Gasteiger partial charge in [0.2, 0.25) is 0 Å². The molecule has 1 aliphatic carbocycles. The molecule has 0 saturated carbocycles. The summed E-state index contributed by atoms with van der Waals surface area (Å²) in [5.41, 5.74) is 0. The van der Waals surface area contributed by atoms with Gasteiger partial charge in [0, 0.05) is 52.2 Å². The fourth-order valence-corrected chi connectivity index (χ4v) is 0.385. The summed E-state index contributed by atoms with van der Waals surface area (Å²) in [4.78, 5) is 0. The van der Waals surface area contributed by atoms with Crippen molar-refractivity contribution < 1.29 is 70.7 Å². The van der Waals surface area contributed by atoms with Crippen LogP contribution in [-0.4, -0.2) is 0 Å². The Balaban J connectivity index is -0.0000000450. The van der Waals surface area contributed by atoms with Crippen LogP contribution in [0.1, 0.15) is 0 Å². The fraction of sp³-hybridized carbons (Fsp3) is 0. The second-order valence-electron chi connectivity index (χ2n) is 1.15. The molecule has 0 amide bonds. The molecule has 0 spiro atoms. The van der Waals surface area contributed by atoms with Gasteiger partial charge in [-0.25, -0.2) is 0 Å². The molecule has 0 fully saturated rings. The second-order valence-corrected chi connectivity index (χ2v) is 1.15. The molecule has 0 N–H and O–H groups in total. The van der Waals surface area contributed by atoms with Crippen molar-refractivity contribution in [2.45, 2.75) is 0 Å². The van der Waals surface area contributed by atoms with Crippen LogP contribution in [0, 0.1) is 51.4 Å². The summed E-state index contributed by atoms with van der Waals surface area (Å²) in [6, 6.07) is 0. The molecule has 0 aliphatic heterocycles. The molecule has 0 heterocycles. The Hall–Kier alpha value is 1.54. The zero-order chi connectivity index (χ0) is 4.24. The van der Waals surface area contributed by atoms with E-state index in [2.05, 4.69) is 0 Å². The van der Waals surface area contributed by atoms with Crippen molar-refractivity contribution in [2.24, 2.45) is 0 Å². The Morgan fingerprint density at radius 2 is 1.00 bits per heavy atom. The number of hydrogen-bond acceptors (Lipinski definition) is 0. The van der Waals surface area contributed by atoms with E-state index in [1.54, 1.807) is 0 Å². The zero-order valence-electron chi connectivity index (χ0n) is 5.82. The third kappa shape index (κ3) is 12.2. The van der Waals surface area contributed by atoms with Crippen molar-refractivity contribution in [1.82, 2.24) is 0 Å². The van der Waals surface area contributed by atoms with Crippen LogP contribution in [0.5, 0.6) is 0 Å². The van der Waals surface area contributed by atoms with Crippen LogP contribution in [0.3, 0.4) is 0 Å². The number of allylic oxidation sites excluding steroid dienone is 4. The van der Waals surface area contributed by atoms with E-state index in [0.717, 1.165) is 0 Å². The van der Waals surface area contributed by atoms with Crippen LogP contribution >= 0.6 is 0 Å². The molecule has 0 aromatic carbocycles. The van der Waals surface area contributed by atoms with E-state index in [0.29, 0.717) is 0 Å². The third-order valence-corrected chi connectivity index (χ3v) is 0.667. The summed E-state index contributed by atoms with van der Waals surface area (Å²) in [7, 11) is 0. The van der Waals surface area contributed by atoms with Crippen LogP contribution in [0.4, 0.5) is 0 Å². The Labute approximate surface area is 114 Å². The van der Waals surface area contributed by atoms with E-state index in [4.69, 9.17) is 0 Å². The van der Waals surface area contributed by atoms with Gasteiger partial charge in [0.1, 0.15) is 0 Å². The number of hydrogen-bond donors (Lipinski definition) is 0. The van der Waals surface area contributed by atoms with Crippen molar-refractivity contribution in [2.75, 3.05) is 0 Å². The summed E-state index contributed by atoms with van der Waals surface area (Å²) >= 11 is 0. The summed E-state index contributed by atoms with van der Waals surface area (Å²) < 4.78 is 0. The maximum atomic E-state index is 2.00. The molecular formula is C7H9UVW-. The van der Waals surface area contributed by atoms with Gasteiger partial charge >= 0.3 is 18.6 Å². The first-order chi connectivity index (χ1) is 3.00. The molecule has 53 valence electrons. The molecule has 1 rings (SSSR count). The maximum Gasteiger partial charge on any atom is 2.00 e. The first-order valence-corrected chi connectivity index (χ1v) is 2.00. The van der Waals surface area contributed by atoms with E-state index >= 15 is 0 Å². The Morgan fingerprint density at radius 1 is 0.800 bits per heavy atom. The summed E-state index contributed by atoms with van der Waals surface area (Å²) in [5, 5.41) is 0. The predicted molar refractivity (Wildman–Crippen MR) is 33.3 cm³/mol. The first-order valence-electron chi connectivity index (χ1n) is 2.00. The average molecular weight is 566 g/mol. The zero-order valence-corrected chi connectivity index (χ0v) is 14.3. The van der Waals surface area contributed by atoms with Crippen LogP contribution < -0.4 is 0 Å². The molecule has 0 saturated heterocycles. The molecule has 1 aliphatic rings. The fourth-order valence-electron chi connectivity index (χ4n) is 0.385. The van der Waals surface area contributed by atoms with E-state index < -0.39 is 0 Å². The first kappa shape index (κ1) is 22.6. The summed E-state index contributed by atoms with van der Waals surface area (Å²) in [5.74, 6) is 0. The largest absolute Gasteiger partial charge is 2.00 e. The molecule has 0 aromatic heterocycles. The smallest absolute Gasteiger partial charge is 0.358 e. The molecule has 0 unspecified atom stereocenters. The van der Waals surface area contributed by atoms with Crippen molar-refractivity contribution in [3.05, 3.63) is 44.6 Å². The monoisotopic (exact) mass is 566 g/mol. The maximum absolute atomic E-state index is 2.00. The average Bonchev–Trinajstić information content (AvgIpc) is 1.72. The SMILES string of the molecule is C1=C[CH-]C=C[CH-]1.[CH3-].[U].[V+2].[W]. The van der Waals surface area contributed by atoms with Gasteiger partial charge in [-0.15, -0.1) is 0 Å². The van der Waals surface area contributed by atoms with Gasteiger partial charge in [-0.05, 0) is 0 Å². The molecule has 0 aromatic rings. The third-order valence-electron chi connectivity index (χ3n) is 0.667. The van der Waals surface area contributed by atoms with Crippen molar-refractivity contribution in [3.63, 3.8) is 0 Å². The van der Waals surface area contributed by atoms with Gasteiger partial charge in [-0.3, -0.25) is 37.1 Å². The van der Waals surface area contributed by atoms with Crippen LogP contribution in [0.25, 0.3) is 0 Å². The van der Waals surface area contributed by atoms with Crippen LogP contribution in [-0.2, 0) is 39.6 Å². The van der Waals surface area contributed by atoms with Gasteiger partial charge < -0.3 is 7.43 Å². The second kappa shape index (κ2) is 16.9. The van der Waals surface area contributed by atoms with E-state index in [1.807, 2.05) is 37.1 Å². The standard InChI is InChI=1S/C6H6.CH3.U.V.W/c1-2-4-6-5-3-1;;;;/h1-6H;1H3;;;/q-2;-1;;+2;. The summed E-state index contributed by atoms with van der Waals surface area (Å²) in [6.07, 6.45) is 12.0. The van der Waals surface area contributed by atoms with E-state index in [9.17, 15) is 0 Å². The molecule has 1 radical (unpaired) electrons. The molecule has 0 nitrogen and oxygen atoms in total. The van der Waals surface area contributed by atoms with Gasteiger partial charge in [0.15, 0.2) is 0 Å². The Morgan fingerprint density at radius 3 is 1.10 bits per heavy atom. The molecule has 3 heteroatoms. The minimum atomic E-state index is 0. The van der Waals surface area contributed by atoms with Crippen molar-refractivity contribution in [3.8, 4) is 0 Å². The Kier molecular flexibility index (Phi) is 38.1. The Bertz CT molecular complexity index is 71.6. The van der Waals surface area contributed by atoms with Gasteiger partial charge in [0.25, 0.3) is 0 Å². The number of rotatable bonds is 0. The minimum absolute atomic E-state index is 0. The quantitative estimate of drug-likeness (QED) is 0.394. The van der Waals surface area contributed by atoms with Gasteiger partial charge in [0.05, 0.1) is 0 Å². The normalized spacial score (nSPS) is 9.60. The van der Waals surface area contributed by atoms with E-state index in [1.165, 1.54) is 0 Å². The van der Waals surface area contributed by atoms with Crippen molar-refractivity contribution >= 4 is 0 Å². The molecule has 0 bridgehead atoms. The van der Waals surface area contributed by atoms with Crippen LogP contribution in [0.15, 0.2) is 24.3 Å². The molecular weight excluding hydrogens is 557 g/mol. The molecule has 0 atom stereocenters. The van der Waals surface area contributed by atoms with Crippen molar-refractivity contribution in [1.29, 1.82) is 0 Å². The molecule has 10 heavy (non-hydrogen) atoms. The van der Waals surface area contributed by atoms with Crippen LogP contribution in [0.2, 0.25) is 0 Å².